The monoisotopic (exact) mass is 173 g/mol. The van der Waals surface area contributed by atoms with Crippen LogP contribution in [0.4, 0.5) is 0 Å². The van der Waals surface area contributed by atoms with Crippen LogP contribution < -0.4 is 5.32 Å². The second-order valence-corrected chi connectivity index (χ2v) is 3.43. The number of carbonyl (C=O) groups excluding carboxylic acids is 1. The van der Waals surface area contributed by atoms with Gasteiger partial charge in [0.1, 0.15) is 0 Å². The fraction of sp³-hybridized carbons (Fsp3) is 0.900. The van der Waals surface area contributed by atoms with E-state index in [9.17, 15) is 4.79 Å². The summed E-state index contributed by atoms with van der Waals surface area (Å²) in [6, 6.07) is 0. The lowest BCUT2D eigenvalue weighted by molar-refractivity contribution is -0.119. The zero-order valence-corrected chi connectivity index (χ0v) is 9.32. The van der Waals surface area contributed by atoms with Gasteiger partial charge in [-0.3, -0.25) is 4.79 Å². The first-order chi connectivity index (χ1) is 5.48. The minimum atomic E-state index is 0.0570. The lowest BCUT2D eigenvalue weighted by atomic mass is 9.90. The van der Waals surface area contributed by atoms with Crippen molar-refractivity contribution >= 4 is 5.91 Å². The van der Waals surface area contributed by atoms with Gasteiger partial charge >= 0.3 is 0 Å². The van der Waals surface area contributed by atoms with Crippen LogP contribution in [-0.2, 0) is 4.79 Å². The Bertz CT molecular complexity index is 119. The predicted octanol–water partition coefficient (Wildman–Crippen LogP) is 2.58. The van der Waals surface area contributed by atoms with Crippen LogP contribution in [0.25, 0.3) is 0 Å². The Morgan fingerprint density at radius 2 is 1.75 bits per heavy atom. The van der Waals surface area contributed by atoms with E-state index in [1.165, 1.54) is 0 Å². The largest absolute Gasteiger partial charge is 0.356 e. The van der Waals surface area contributed by atoms with Crippen molar-refractivity contribution in [2.45, 2.75) is 48.0 Å². The lowest BCUT2D eigenvalue weighted by Gasteiger charge is -2.22. The van der Waals surface area contributed by atoms with E-state index in [0.717, 1.165) is 13.0 Å². The van der Waals surface area contributed by atoms with Gasteiger partial charge < -0.3 is 5.32 Å². The van der Waals surface area contributed by atoms with Gasteiger partial charge in [-0.25, -0.2) is 0 Å². The van der Waals surface area contributed by atoms with Crippen molar-refractivity contribution < 1.29 is 4.79 Å². The molecular weight excluding hydrogens is 150 g/mol. The molecular formula is C10H23NO. The molecule has 0 aromatic heterocycles. The van der Waals surface area contributed by atoms with Crippen molar-refractivity contribution in [2.75, 3.05) is 6.54 Å². The summed E-state index contributed by atoms with van der Waals surface area (Å²) >= 11 is 0. The van der Waals surface area contributed by atoms with Gasteiger partial charge in [0, 0.05) is 13.5 Å². The summed E-state index contributed by atoms with van der Waals surface area (Å²) in [4.78, 5) is 10.5. The van der Waals surface area contributed by atoms with Crippen molar-refractivity contribution in [2.24, 2.45) is 5.41 Å². The lowest BCUT2D eigenvalue weighted by Crippen LogP contribution is -2.31. The highest BCUT2D eigenvalue weighted by Gasteiger charge is 2.14. The van der Waals surface area contributed by atoms with Crippen molar-refractivity contribution in [3.05, 3.63) is 0 Å². The summed E-state index contributed by atoms with van der Waals surface area (Å²) in [5.74, 6) is 0.0570. The third-order valence-electron chi connectivity index (χ3n) is 1.77. The highest BCUT2D eigenvalue weighted by molar-refractivity contribution is 5.72. The summed E-state index contributed by atoms with van der Waals surface area (Å²) in [5, 5.41) is 2.80. The average Bonchev–Trinajstić information content (AvgIpc) is 2.05. The normalized spacial score (nSPS) is 9.83. The zero-order valence-electron chi connectivity index (χ0n) is 9.32. The van der Waals surface area contributed by atoms with Gasteiger partial charge in [0.05, 0.1) is 0 Å². The van der Waals surface area contributed by atoms with Gasteiger partial charge in [0.2, 0.25) is 5.91 Å². The summed E-state index contributed by atoms with van der Waals surface area (Å²) in [6.45, 7) is 12.7. The minimum Gasteiger partial charge on any atom is -0.356 e. The van der Waals surface area contributed by atoms with Gasteiger partial charge in [-0.05, 0) is 11.8 Å². The Kier molecular flexibility index (Phi) is 8.34. The minimum absolute atomic E-state index is 0.0570. The van der Waals surface area contributed by atoms with Crippen LogP contribution in [0.3, 0.4) is 0 Å². The van der Waals surface area contributed by atoms with E-state index in [1.54, 1.807) is 6.92 Å². The molecule has 0 aliphatic heterocycles. The molecule has 0 aliphatic carbocycles. The second-order valence-electron chi connectivity index (χ2n) is 3.43. The summed E-state index contributed by atoms with van der Waals surface area (Å²) < 4.78 is 0. The maximum Gasteiger partial charge on any atom is 0.216 e. The first-order valence-corrected chi connectivity index (χ1v) is 4.72. The average molecular weight is 173 g/mol. The van der Waals surface area contributed by atoms with E-state index in [4.69, 9.17) is 0 Å². The van der Waals surface area contributed by atoms with E-state index >= 15 is 0 Å². The van der Waals surface area contributed by atoms with Gasteiger partial charge in [-0.2, -0.15) is 0 Å². The van der Waals surface area contributed by atoms with Crippen molar-refractivity contribution in [1.29, 1.82) is 0 Å². The molecule has 0 saturated heterocycles. The number of hydrogen-bond donors (Lipinski definition) is 1. The molecule has 2 nitrogen and oxygen atoms in total. The summed E-state index contributed by atoms with van der Waals surface area (Å²) in [6.07, 6.45) is 1.09. The van der Waals surface area contributed by atoms with Crippen LogP contribution in [0.2, 0.25) is 0 Å². The molecule has 0 rings (SSSR count). The predicted molar refractivity (Wildman–Crippen MR) is 54.1 cm³/mol. The van der Waals surface area contributed by atoms with E-state index in [0.29, 0.717) is 0 Å². The van der Waals surface area contributed by atoms with E-state index < -0.39 is 0 Å². The van der Waals surface area contributed by atoms with Crippen LogP contribution in [0.5, 0.6) is 0 Å². The van der Waals surface area contributed by atoms with E-state index in [2.05, 4.69) is 26.1 Å². The number of amides is 1. The molecule has 0 heterocycles. The van der Waals surface area contributed by atoms with Crippen LogP contribution in [0.15, 0.2) is 0 Å². The smallest absolute Gasteiger partial charge is 0.216 e. The molecule has 0 unspecified atom stereocenters. The first kappa shape index (κ1) is 14.0. The molecule has 2 heteroatoms. The maximum atomic E-state index is 10.5. The Morgan fingerprint density at radius 1 is 1.33 bits per heavy atom. The van der Waals surface area contributed by atoms with Crippen LogP contribution >= 0.6 is 0 Å². The second kappa shape index (κ2) is 7.14. The zero-order chi connectivity index (χ0) is 10.2. The SMILES string of the molecule is CC.CCC(C)(C)CNC(C)=O. The molecule has 0 bridgehead atoms. The Labute approximate surface area is 76.7 Å². The maximum absolute atomic E-state index is 10.5. The molecule has 0 aromatic carbocycles. The highest BCUT2D eigenvalue weighted by atomic mass is 16.1. The third kappa shape index (κ3) is 9.47. The topological polar surface area (TPSA) is 29.1 Å². The molecule has 0 aromatic rings. The molecule has 1 amide bonds. The summed E-state index contributed by atoms with van der Waals surface area (Å²) in [5.41, 5.74) is 0.242. The van der Waals surface area contributed by atoms with Crippen LogP contribution in [-0.4, -0.2) is 12.5 Å². The molecule has 74 valence electrons. The highest BCUT2D eigenvalue weighted by Crippen LogP contribution is 2.17. The van der Waals surface area contributed by atoms with Gasteiger partial charge in [0.15, 0.2) is 0 Å². The van der Waals surface area contributed by atoms with Crippen molar-refractivity contribution in [3.8, 4) is 0 Å². The molecule has 12 heavy (non-hydrogen) atoms. The third-order valence-corrected chi connectivity index (χ3v) is 1.77. The Morgan fingerprint density at radius 3 is 2.00 bits per heavy atom. The van der Waals surface area contributed by atoms with Gasteiger partial charge in [-0.15, -0.1) is 0 Å². The molecule has 0 fully saturated rings. The fourth-order valence-electron chi connectivity index (χ4n) is 0.489. The fourth-order valence-corrected chi connectivity index (χ4v) is 0.489. The number of hydrogen-bond acceptors (Lipinski definition) is 1. The van der Waals surface area contributed by atoms with Crippen LogP contribution in [0, 0.1) is 5.41 Å². The Hall–Kier alpha value is -0.530. The Balaban J connectivity index is 0. The van der Waals surface area contributed by atoms with Gasteiger partial charge in [0.25, 0.3) is 0 Å². The van der Waals surface area contributed by atoms with Gasteiger partial charge in [-0.1, -0.05) is 34.6 Å². The molecule has 0 spiro atoms. The van der Waals surface area contributed by atoms with E-state index in [1.807, 2.05) is 13.8 Å². The molecule has 0 aliphatic rings. The quantitative estimate of drug-likeness (QED) is 0.698. The molecule has 0 atom stereocenters. The number of rotatable bonds is 3. The van der Waals surface area contributed by atoms with E-state index in [-0.39, 0.29) is 11.3 Å². The first-order valence-electron chi connectivity index (χ1n) is 4.72. The van der Waals surface area contributed by atoms with Crippen LogP contribution in [0.1, 0.15) is 48.0 Å². The molecule has 0 radical (unpaired) electrons. The standard InChI is InChI=1S/C8H17NO.C2H6/c1-5-8(3,4)6-9-7(2)10;1-2/h5-6H2,1-4H3,(H,9,10);1-2H3. The number of nitrogens with one attached hydrogen (secondary N) is 1. The molecule has 1 N–H and O–H groups in total. The van der Waals surface area contributed by atoms with Crippen molar-refractivity contribution in [1.82, 2.24) is 5.32 Å². The number of carbonyl (C=O) groups is 1. The van der Waals surface area contributed by atoms with Crippen molar-refractivity contribution in [3.63, 3.8) is 0 Å². The molecule has 0 saturated carbocycles. The summed E-state index contributed by atoms with van der Waals surface area (Å²) in [7, 11) is 0.